The van der Waals surface area contributed by atoms with E-state index in [1.165, 1.54) is 12.1 Å². The Morgan fingerprint density at radius 3 is 2.83 bits per heavy atom. The second kappa shape index (κ2) is 6.41. The van der Waals surface area contributed by atoms with E-state index >= 15 is 0 Å². The highest BCUT2D eigenvalue weighted by molar-refractivity contribution is 5.87. The van der Waals surface area contributed by atoms with E-state index in [0.717, 1.165) is 27.9 Å². The Morgan fingerprint density at radius 1 is 1.25 bits per heavy atom. The first kappa shape index (κ1) is 15.5. The van der Waals surface area contributed by atoms with Gasteiger partial charge in [-0.15, -0.1) is 0 Å². The lowest BCUT2D eigenvalue weighted by atomic mass is 10.1. The summed E-state index contributed by atoms with van der Waals surface area (Å²) in [6, 6.07) is 8.43. The molecule has 0 fully saturated rings. The van der Waals surface area contributed by atoms with Crippen LogP contribution in [0.2, 0.25) is 0 Å². The minimum absolute atomic E-state index is 0.250. The Kier molecular flexibility index (Phi) is 4.15. The van der Waals surface area contributed by atoms with Crippen LogP contribution in [0.4, 0.5) is 4.39 Å². The van der Waals surface area contributed by atoms with Gasteiger partial charge in [-0.05, 0) is 31.2 Å². The summed E-state index contributed by atoms with van der Waals surface area (Å²) in [6.07, 6.45) is 5.34. The second-order valence-corrected chi connectivity index (χ2v) is 5.01. The van der Waals surface area contributed by atoms with Crippen molar-refractivity contribution in [3.05, 3.63) is 60.4 Å². The highest BCUT2D eigenvalue weighted by Gasteiger charge is 2.13. The van der Waals surface area contributed by atoms with Crippen LogP contribution < -0.4 is 0 Å². The van der Waals surface area contributed by atoms with Gasteiger partial charge in [0.05, 0.1) is 16.8 Å². The standard InChI is InChI=1S/C16H11FN4.CH2O2/c1-10-15(16-18-5-2-6-21(16)20-10)12-7-11-3-4-13(17)8-14(11)19-9-12;2-1-3/h2-9H,1H3;1H,(H,2,3). The summed E-state index contributed by atoms with van der Waals surface area (Å²) >= 11 is 0. The molecule has 0 aliphatic rings. The number of carboxylic acid groups (broad SMARTS) is 1. The van der Waals surface area contributed by atoms with Crippen LogP contribution in [0.1, 0.15) is 5.69 Å². The van der Waals surface area contributed by atoms with E-state index in [1.807, 2.05) is 25.3 Å². The minimum atomic E-state index is -0.281. The normalized spacial score (nSPS) is 10.4. The van der Waals surface area contributed by atoms with Crippen LogP contribution in [-0.2, 0) is 4.79 Å². The Hall–Kier alpha value is -3.35. The van der Waals surface area contributed by atoms with E-state index in [-0.39, 0.29) is 12.3 Å². The van der Waals surface area contributed by atoms with Gasteiger partial charge < -0.3 is 5.11 Å². The lowest BCUT2D eigenvalue weighted by Gasteiger charge is -2.03. The molecule has 0 amide bonds. The monoisotopic (exact) mass is 324 g/mol. The molecule has 6 nitrogen and oxygen atoms in total. The number of halogens is 1. The zero-order valence-electron chi connectivity index (χ0n) is 12.7. The summed E-state index contributed by atoms with van der Waals surface area (Å²) in [6.45, 7) is 1.69. The predicted octanol–water partition coefficient (Wildman–Crippen LogP) is 3.09. The molecule has 0 unspecified atom stereocenters. The molecule has 7 heteroatoms. The molecule has 3 heterocycles. The number of aryl methyl sites for hydroxylation is 1. The van der Waals surface area contributed by atoms with Crippen molar-refractivity contribution in [1.82, 2.24) is 19.6 Å². The molecule has 0 aliphatic heterocycles. The van der Waals surface area contributed by atoms with Crippen LogP contribution in [0.3, 0.4) is 0 Å². The Bertz CT molecular complexity index is 1030. The van der Waals surface area contributed by atoms with Crippen molar-refractivity contribution in [2.75, 3.05) is 0 Å². The van der Waals surface area contributed by atoms with Gasteiger partial charge in [-0.25, -0.2) is 13.9 Å². The van der Waals surface area contributed by atoms with Crippen molar-refractivity contribution >= 4 is 23.0 Å². The Labute approximate surface area is 136 Å². The Balaban J connectivity index is 0.000000526. The van der Waals surface area contributed by atoms with Crippen molar-refractivity contribution in [3.63, 3.8) is 0 Å². The molecular formula is C17H13FN4O2. The molecule has 0 saturated heterocycles. The molecule has 24 heavy (non-hydrogen) atoms. The zero-order chi connectivity index (χ0) is 17.1. The van der Waals surface area contributed by atoms with Crippen LogP contribution in [-0.4, -0.2) is 31.2 Å². The summed E-state index contributed by atoms with van der Waals surface area (Å²) < 4.78 is 15.0. The van der Waals surface area contributed by atoms with Crippen molar-refractivity contribution < 1.29 is 14.3 Å². The van der Waals surface area contributed by atoms with Gasteiger partial charge in [0.25, 0.3) is 6.47 Å². The van der Waals surface area contributed by atoms with Crippen LogP contribution in [0.5, 0.6) is 0 Å². The summed E-state index contributed by atoms with van der Waals surface area (Å²) in [5, 5.41) is 12.2. The largest absolute Gasteiger partial charge is 0.483 e. The highest BCUT2D eigenvalue weighted by atomic mass is 19.1. The van der Waals surface area contributed by atoms with Crippen LogP contribution >= 0.6 is 0 Å². The maximum absolute atomic E-state index is 13.2. The molecule has 3 aromatic heterocycles. The Morgan fingerprint density at radius 2 is 2.04 bits per heavy atom. The summed E-state index contributed by atoms with van der Waals surface area (Å²) in [4.78, 5) is 17.1. The van der Waals surface area contributed by atoms with E-state index < -0.39 is 0 Å². The van der Waals surface area contributed by atoms with Gasteiger partial charge in [0, 0.05) is 35.6 Å². The third-order valence-electron chi connectivity index (χ3n) is 3.51. The highest BCUT2D eigenvalue weighted by Crippen LogP contribution is 2.28. The first-order chi connectivity index (χ1) is 11.6. The molecule has 1 N–H and O–H groups in total. The van der Waals surface area contributed by atoms with Gasteiger partial charge in [0.15, 0.2) is 5.65 Å². The number of rotatable bonds is 1. The van der Waals surface area contributed by atoms with Gasteiger partial charge in [0.1, 0.15) is 5.82 Å². The zero-order valence-corrected chi connectivity index (χ0v) is 12.7. The predicted molar refractivity (Wildman–Crippen MR) is 87.1 cm³/mol. The molecule has 0 aliphatic carbocycles. The van der Waals surface area contributed by atoms with Crippen molar-refractivity contribution in [2.45, 2.75) is 6.92 Å². The molecular weight excluding hydrogens is 311 g/mol. The third kappa shape index (κ3) is 2.79. The molecule has 0 bridgehead atoms. The molecule has 0 atom stereocenters. The minimum Gasteiger partial charge on any atom is -0.483 e. The maximum atomic E-state index is 13.2. The topological polar surface area (TPSA) is 80.4 Å². The molecule has 0 spiro atoms. The fourth-order valence-corrected chi connectivity index (χ4v) is 2.57. The van der Waals surface area contributed by atoms with Gasteiger partial charge in [-0.3, -0.25) is 9.78 Å². The van der Waals surface area contributed by atoms with E-state index in [4.69, 9.17) is 9.90 Å². The SMILES string of the molecule is Cc1nn2cccnc2c1-c1cnc2cc(F)ccc2c1.O=CO. The van der Waals surface area contributed by atoms with Crippen molar-refractivity contribution in [2.24, 2.45) is 0 Å². The second-order valence-electron chi connectivity index (χ2n) is 5.01. The molecule has 0 saturated carbocycles. The van der Waals surface area contributed by atoms with Crippen LogP contribution in [0.25, 0.3) is 27.7 Å². The first-order valence-electron chi connectivity index (χ1n) is 7.07. The maximum Gasteiger partial charge on any atom is 0.290 e. The average Bonchev–Trinajstić information content (AvgIpc) is 2.91. The number of hydrogen-bond donors (Lipinski definition) is 1. The van der Waals surface area contributed by atoms with E-state index in [1.54, 1.807) is 23.0 Å². The molecule has 0 radical (unpaired) electrons. The lowest BCUT2D eigenvalue weighted by Crippen LogP contribution is -1.88. The fourth-order valence-electron chi connectivity index (χ4n) is 2.57. The average molecular weight is 324 g/mol. The number of pyridine rings is 1. The number of aromatic nitrogens is 4. The van der Waals surface area contributed by atoms with E-state index in [0.29, 0.717) is 5.52 Å². The van der Waals surface area contributed by atoms with E-state index in [9.17, 15) is 4.39 Å². The number of carbonyl (C=O) groups is 1. The van der Waals surface area contributed by atoms with Crippen LogP contribution in [0, 0.1) is 12.7 Å². The van der Waals surface area contributed by atoms with Crippen molar-refractivity contribution in [1.29, 1.82) is 0 Å². The van der Waals surface area contributed by atoms with Crippen molar-refractivity contribution in [3.8, 4) is 11.1 Å². The third-order valence-corrected chi connectivity index (χ3v) is 3.51. The van der Waals surface area contributed by atoms with E-state index in [2.05, 4.69) is 15.1 Å². The summed E-state index contributed by atoms with van der Waals surface area (Å²) in [5.74, 6) is -0.281. The number of hydrogen-bond acceptors (Lipinski definition) is 4. The summed E-state index contributed by atoms with van der Waals surface area (Å²) in [5.41, 5.74) is 4.20. The van der Waals surface area contributed by atoms with Crippen LogP contribution in [0.15, 0.2) is 48.9 Å². The molecule has 120 valence electrons. The first-order valence-corrected chi connectivity index (χ1v) is 7.07. The van der Waals surface area contributed by atoms with Gasteiger partial charge in [-0.1, -0.05) is 0 Å². The molecule has 4 aromatic rings. The number of benzene rings is 1. The van der Waals surface area contributed by atoms with Gasteiger partial charge >= 0.3 is 0 Å². The number of fused-ring (bicyclic) bond motifs is 2. The quantitative estimate of drug-likeness (QED) is 0.544. The summed E-state index contributed by atoms with van der Waals surface area (Å²) in [7, 11) is 0. The van der Waals surface area contributed by atoms with Gasteiger partial charge in [-0.2, -0.15) is 5.10 Å². The molecule has 1 aromatic carbocycles. The molecule has 4 rings (SSSR count). The number of nitrogens with zero attached hydrogens (tertiary/aromatic N) is 4. The lowest BCUT2D eigenvalue weighted by molar-refractivity contribution is -0.122. The smallest absolute Gasteiger partial charge is 0.290 e. The fraction of sp³-hybridized carbons (Fsp3) is 0.0588. The van der Waals surface area contributed by atoms with Gasteiger partial charge in [0.2, 0.25) is 0 Å².